The van der Waals surface area contributed by atoms with Gasteiger partial charge in [0.1, 0.15) is 5.82 Å². The number of nitrogens with zero attached hydrogens (tertiary/aromatic N) is 3. The van der Waals surface area contributed by atoms with Gasteiger partial charge in [-0.2, -0.15) is 0 Å². The van der Waals surface area contributed by atoms with Crippen LogP contribution in [0.3, 0.4) is 0 Å². The number of likely N-dealkylation sites (tertiary alicyclic amines) is 1. The molecule has 0 aliphatic carbocycles. The molecule has 0 amide bonds. The second kappa shape index (κ2) is 7.32. The number of pyridine rings is 1. The third kappa shape index (κ3) is 3.45. The van der Waals surface area contributed by atoms with E-state index >= 15 is 0 Å². The van der Waals surface area contributed by atoms with Crippen molar-refractivity contribution in [2.45, 2.75) is 25.4 Å². The summed E-state index contributed by atoms with van der Waals surface area (Å²) in [5.41, 5.74) is 2.74. The van der Waals surface area contributed by atoms with Crippen molar-refractivity contribution >= 4 is 5.82 Å². The summed E-state index contributed by atoms with van der Waals surface area (Å²) < 4.78 is 5.42. The molecule has 1 atom stereocenters. The monoisotopic (exact) mass is 323 g/mol. The fraction of sp³-hybridized carbons (Fsp3) is 0.450. The maximum Gasteiger partial charge on any atom is 0.128 e. The van der Waals surface area contributed by atoms with Crippen LogP contribution in [-0.4, -0.2) is 42.7 Å². The van der Waals surface area contributed by atoms with Crippen LogP contribution in [0.25, 0.3) is 0 Å². The summed E-state index contributed by atoms with van der Waals surface area (Å²) in [4.78, 5) is 9.63. The van der Waals surface area contributed by atoms with Crippen molar-refractivity contribution in [2.75, 3.05) is 37.7 Å². The summed E-state index contributed by atoms with van der Waals surface area (Å²) in [7, 11) is 0. The molecule has 2 aromatic rings. The van der Waals surface area contributed by atoms with Crippen LogP contribution < -0.4 is 4.90 Å². The molecule has 24 heavy (non-hydrogen) atoms. The molecule has 0 bridgehead atoms. The third-order valence-electron chi connectivity index (χ3n) is 5.08. The predicted molar refractivity (Wildman–Crippen MR) is 96.1 cm³/mol. The van der Waals surface area contributed by atoms with Crippen LogP contribution in [-0.2, 0) is 11.3 Å². The molecule has 2 fully saturated rings. The van der Waals surface area contributed by atoms with Gasteiger partial charge in [0.2, 0.25) is 0 Å². The standard InChI is InChI=1S/C20H25N3O/c1-2-5-17(6-3-1)16-23-10-4-7-19(23)18-8-9-20(21-15-18)22-11-13-24-14-12-22/h1-3,5-6,8-9,15,19H,4,7,10-14,16H2/t19-/m1/s1. The fourth-order valence-electron chi connectivity index (χ4n) is 3.78. The molecule has 2 aliphatic heterocycles. The first-order valence-corrected chi connectivity index (χ1v) is 8.97. The van der Waals surface area contributed by atoms with Crippen molar-refractivity contribution in [1.29, 1.82) is 0 Å². The normalized spacial score (nSPS) is 22.0. The Morgan fingerprint density at radius 3 is 2.58 bits per heavy atom. The molecule has 4 nitrogen and oxygen atoms in total. The zero-order chi connectivity index (χ0) is 16.2. The smallest absolute Gasteiger partial charge is 0.128 e. The largest absolute Gasteiger partial charge is 0.378 e. The van der Waals surface area contributed by atoms with E-state index in [1.54, 1.807) is 0 Å². The molecule has 0 N–H and O–H groups in total. The van der Waals surface area contributed by atoms with Crippen molar-refractivity contribution in [2.24, 2.45) is 0 Å². The molecule has 0 radical (unpaired) electrons. The summed E-state index contributed by atoms with van der Waals surface area (Å²) in [6.07, 6.45) is 4.58. The molecule has 2 aliphatic rings. The lowest BCUT2D eigenvalue weighted by atomic mass is 10.1. The van der Waals surface area contributed by atoms with Crippen LogP contribution in [0.2, 0.25) is 0 Å². The maximum atomic E-state index is 5.42. The first-order chi connectivity index (χ1) is 11.9. The lowest BCUT2D eigenvalue weighted by Crippen LogP contribution is -2.36. The van der Waals surface area contributed by atoms with E-state index in [0.717, 1.165) is 38.7 Å². The Bertz CT molecular complexity index is 638. The van der Waals surface area contributed by atoms with Crippen molar-refractivity contribution < 1.29 is 4.74 Å². The predicted octanol–water partition coefficient (Wildman–Crippen LogP) is 3.26. The quantitative estimate of drug-likeness (QED) is 0.863. The Kier molecular flexibility index (Phi) is 4.76. The topological polar surface area (TPSA) is 28.6 Å². The molecule has 3 heterocycles. The van der Waals surface area contributed by atoms with Crippen LogP contribution in [0, 0.1) is 0 Å². The van der Waals surface area contributed by atoms with E-state index in [1.165, 1.54) is 30.5 Å². The highest BCUT2D eigenvalue weighted by Gasteiger charge is 2.26. The highest BCUT2D eigenvalue weighted by atomic mass is 16.5. The molecule has 4 rings (SSSR count). The van der Waals surface area contributed by atoms with Gasteiger partial charge >= 0.3 is 0 Å². The first kappa shape index (κ1) is 15.6. The molecule has 0 spiro atoms. The summed E-state index contributed by atoms with van der Waals surface area (Å²) in [6, 6.07) is 15.7. The van der Waals surface area contributed by atoms with Crippen LogP contribution in [0.4, 0.5) is 5.82 Å². The number of benzene rings is 1. The second-order valence-corrected chi connectivity index (χ2v) is 6.66. The van der Waals surface area contributed by atoms with Crippen molar-refractivity contribution in [3.63, 3.8) is 0 Å². The molecule has 0 unspecified atom stereocenters. The van der Waals surface area contributed by atoms with Gasteiger partial charge in [0.15, 0.2) is 0 Å². The number of aromatic nitrogens is 1. The van der Waals surface area contributed by atoms with Crippen LogP contribution in [0.15, 0.2) is 48.7 Å². The minimum absolute atomic E-state index is 0.497. The van der Waals surface area contributed by atoms with Crippen LogP contribution in [0.5, 0.6) is 0 Å². The fourth-order valence-corrected chi connectivity index (χ4v) is 3.78. The van der Waals surface area contributed by atoms with Gasteiger partial charge in [-0.15, -0.1) is 0 Å². The minimum atomic E-state index is 0.497. The van der Waals surface area contributed by atoms with Gasteiger partial charge in [0, 0.05) is 31.9 Å². The molecule has 4 heteroatoms. The summed E-state index contributed by atoms with van der Waals surface area (Å²) in [5.74, 6) is 1.08. The van der Waals surface area contributed by atoms with Gasteiger partial charge in [-0.25, -0.2) is 4.98 Å². The van der Waals surface area contributed by atoms with Gasteiger partial charge < -0.3 is 9.64 Å². The van der Waals surface area contributed by atoms with Crippen LogP contribution >= 0.6 is 0 Å². The van der Waals surface area contributed by atoms with Crippen molar-refractivity contribution in [3.8, 4) is 0 Å². The maximum absolute atomic E-state index is 5.42. The zero-order valence-electron chi connectivity index (χ0n) is 14.1. The highest BCUT2D eigenvalue weighted by molar-refractivity contribution is 5.40. The summed E-state index contributed by atoms with van der Waals surface area (Å²) in [5, 5.41) is 0. The third-order valence-corrected chi connectivity index (χ3v) is 5.08. The van der Waals surface area contributed by atoms with E-state index in [-0.39, 0.29) is 0 Å². The van der Waals surface area contributed by atoms with E-state index in [2.05, 4.69) is 58.5 Å². The lowest BCUT2D eigenvalue weighted by molar-refractivity contribution is 0.122. The Balaban J connectivity index is 1.46. The first-order valence-electron chi connectivity index (χ1n) is 8.97. The van der Waals surface area contributed by atoms with E-state index in [9.17, 15) is 0 Å². The highest BCUT2D eigenvalue weighted by Crippen LogP contribution is 2.33. The number of hydrogen-bond donors (Lipinski definition) is 0. The van der Waals surface area contributed by atoms with E-state index < -0.39 is 0 Å². The van der Waals surface area contributed by atoms with Gasteiger partial charge in [-0.3, -0.25) is 4.90 Å². The number of rotatable bonds is 4. The molecular formula is C20H25N3O. The van der Waals surface area contributed by atoms with Gasteiger partial charge in [-0.05, 0) is 36.6 Å². The zero-order valence-corrected chi connectivity index (χ0v) is 14.1. The molecule has 1 aromatic heterocycles. The molecule has 0 saturated carbocycles. The average Bonchev–Trinajstić information content (AvgIpc) is 3.11. The van der Waals surface area contributed by atoms with Crippen molar-refractivity contribution in [1.82, 2.24) is 9.88 Å². The van der Waals surface area contributed by atoms with Crippen LogP contribution in [0.1, 0.15) is 30.0 Å². The molecule has 126 valence electrons. The lowest BCUT2D eigenvalue weighted by Gasteiger charge is -2.29. The summed E-state index contributed by atoms with van der Waals surface area (Å²) >= 11 is 0. The number of morpholine rings is 1. The van der Waals surface area contributed by atoms with Gasteiger partial charge in [0.25, 0.3) is 0 Å². The van der Waals surface area contributed by atoms with Crippen molar-refractivity contribution in [3.05, 3.63) is 59.8 Å². The van der Waals surface area contributed by atoms with Gasteiger partial charge in [0.05, 0.1) is 13.2 Å². The van der Waals surface area contributed by atoms with E-state index in [4.69, 9.17) is 9.72 Å². The van der Waals surface area contributed by atoms with Gasteiger partial charge in [-0.1, -0.05) is 36.4 Å². The summed E-state index contributed by atoms with van der Waals surface area (Å²) in [6.45, 7) is 5.68. The number of hydrogen-bond acceptors (Lipinski definition) is 4. The Morgan fingerprint density at radius 1 is 1.00 bits per heavy atom. The molecule has 1 aromatic carbocycles. The minimum Gasteiger partial charge on any atom is -0.378 e. The molecule has 2 saturated heterocycles. The molecular weight excluding hydrogens is 298 g/mol. The van der Waals surface area contributed by atoms with E-state index in [1.807, 2.05) is 0 Å². The number of anilines is 1. The Hall–Kier alpha value is -1.91. The van der Waals surface area contributed by atoms with E-state index in [0.29, 0.717) is 6.04 Å². The average molecular weight is 323 g/mol. The Labute approximate surface area is 144 Å². The Morgan fingerprint density at radius 2 is 1.83 bits per heavy atom. The second-order valence-electron chi connectivity index (χ2n) is 6.66. The number of ether oxygens (including phenoxy) is 1. The SMILES string of the molecule is c1ccc(CN2CCC[C@@H]2c2ccc(N3CCOCC3)nc2)cc1.